The molecule has 0 amide bonds. The summed E-state index contributed by atoms with van der Waals surface area (Å²) in [6.45, 7) is 0. The standard InChI is InChI=1S/C13H12BO9/c1-19-6-4-3-5-7(20-2)8(6)12(17)21-9(11(15)16)10-13(18)23-14-22-10/h3-5,9-10H,1-2H3,(H,15,16)/t9-,10-/m1/s1. The van der Waals surface area contributed by atoms with Crippen molar-refractivity contribution in [2.45, 2.75) is 12.2 Å². The van der Waals surface area contributed by atoms with Gasteiger partial charge in [0.05, 0.1) is 14.2 Å². The van der Waals surface area contributed by atoms with Gasteiger partial charge in [-0.15, -0.1) is 0 Å². The highest BCUT2D eigenvalue weighted by Crippen LogP contribution is 2.29. The third-order valence-electron chi connectivity index (χ3n) is 2.98. The number of hydrogen-bond donors (Lipinski definition) is 1. The number of carbonyl (C=O) groups excluding carboxylic acids is 2. The summed E-state index contributed by atoms with van der Waals surface area (Å²) < 4.78 is 24.1. The molecule has 2 rings (SSSR count). The number of rotatable bonds is 6. The molecule has 9 nitrogen and oxygen atoms in total. The van der Waals surface area contributed by atoms with E-state index in [9.17, 15) is 14.4 Å². The first-order valence-electron chi connectivity index (χ1n) is 6.32. The van der Waals surface area contributed by atoms with Crippen LogP contribution in [-0.4, -0.2) is 57.1 Å². The van der Waals surface area contributed by atoms with E-state index < -0.39 is 30.1 Å². The molecule has 10 heteroatoms. The van der Waals surface area contributed by atoms with E-state index in [1.54, 1.807) is 6.07 Å². The number of methoxy groups -OCH3 is 2. The van der Waals surface area contributed by atoms with Crippen LogP contribution in [0, 0.1) is 0 Å². The Kier molecular flexibility index (Phi) is 5.07. The number of carboxylic acids is 1. The molecule has 0 saturated carbocycles. The van der Waals surface area contributed by atoms with E-state index in [-0.39, 0.29) is 17.1 Å². The third-order valence-corrected chi connectivity index (χ3v) is 2.98. The number of carboxylic acid groups (broad SMARTS) is 1. The highest BCUT2D eigenvalue weighted by atomic mass is 16.7. The Morgan fingerprint density at radius 2 is 1.87 bits per heavy atom. The topological polar surface area (TPSA) is 118 Å². The fourth-order valence-corrected chi connectivity index (χ4v) is 1.92. The molecule has 1 aromatic rings. The molecule has 0 spiro atoms. The zero-order valence-corrected chi connectivity index (χ0v) is 12.2. The molecule has 0 aliphatic carbocycles. The van der Waals surface area contributed by atoms with Gasteiger partial charge in [0.15, 0.2) is 6.10 Å². The van der Waals surface area contributed by atoms with Gasteiger partial charge in [-0.05, 0) is 12.1 Å². The van der Waals surface area contributed by atoms with E-state index in [4.69, 9.17) is 24.0 Å². The Morgan fingerprint density at radius 1 is 1.26 bits per heavy atom. The maximum absolute atomic E-state index is 12.3. The minimum atomic E-state index is -1.89. The van der Waals surface area contributed by atoms with Gasteiger partial charge in [0.25, 0.3) is 0 Å². The summed E-state index contributed by atoms with van der Waals surface area (Å²) in [6.07, 6.45) is -3.47. The SMILES string of the molecule is COc1cccc(OC)c1C(=O)O[C@@H](C(=O)O)[C@H]1O[B]OC1=O. The van der Waals surface area contributed by atoms with E-state index in [2.05, 4.69) is 4.65 Å². The highest BCUT2D eigenvalue weighted by Gasteiger charge is 2.44. The molecule has 0 bridgehead atoms. The summed E-state index contributed by atoms with van der Waals surface area (Å²) in [5.74, 6) is -3.34. The second kappa shape index (κ2) is 7.01. The Bertz CT molecular complexity index is 608. The Labute approximate surface area is 131 Å². The largest absolute Gasteiger partial charge is 0.575 e. The Balaban J connectivity index is 2.29. The quantitative estimate of drug-likeness (QED) is 0.560. The predicted molar refractivity (Wildman–Crippen MR) is 73.1 cm³/mol. The molecular weight excluding hydrogens is 311 g/mol. The van der Waals surface area contributed by atoms with Crippen molar-refractivity contribution in [3.8, 4) is 11.5 Å². The van der Waals surface area contributed by atoms with Gasteiger partial charge in [0.2, 0.25) is 6.10 Å². The maximum Gasteiger partial charge on any atom is 0.575 e. The highest BCUT2D eigenvalue weighted by molar-refractivity contribution is 6.26. The zero-order valence-electron chi connectivity index (χ0n) is 12.2. The number of esters is 1. The number of ether oxygens (including phenoxy) is 3. The van der Waals surface area contributed by atoms with Gasteiger partial charge in [-0.1, -0.05) is 6.07 Å². The van der Waals surface area contributed by atoms with Crippen LogP contribution in [0.15, 0.2) is 18.2 Å². The van der Waals surface area contributed by atoms with Crippen molar-refractivity contribution in [1.82, 2.24) is 0 Å². The maximum atomic E-state index is 12.3. The van der Waals surface area contributed by atoms with E-state index in [0.29, 0.717) is 7.69 Å². The molecule has 1 N–H and O–H groups in total. The number of carbonyl (C=O) groups is 3. The lowest BCUT2D eigenvalue weighted by atomic mass is 10.1. The molecule has 2 atom stereocenters. The predicted octanol–water partition coefficient (Wildman–Crippen LogP) is -0.210. The summed E-state index contributed by atoms with van der Waals surface area (Å²) in [5, 5.41) is 9.16. The Hall–Kier alpha value is -2.75. The molecule has 1 saturated heterocycles. The van der Waals surface area contributed by atoms with Gasteiger partial charge in [0.1, 0.15) is 17.1 Å². The van der Waals surface area contributed by atoms with Gasteiger partial charge < -0.3 is 28.6 Å². The first-order valence-corrected chi connectivity index (χ1v) is 6.32. The molecule has 23 heavy (non-hydrogen) atoms. The zero-order chi connectivity index (χ0) is 17.0. The van der Waals surface area contributed by atoms with Crippen molar-refractivity contribution < 1.29 is 43.0 Å². The number of aliphatic carboxylic acids is 1. The first-order chi connectivity index (χ1) is 11.0. The van der Waals surface area contributed by atoms with Gasteiger partial charge in [0, 0.05) is 0 Å². The molecule has 1 heterocycles. The number of benzene rings is 1. The van der Waals surface area contributed by atoms with Crippen molar-refractivity contribution in [3.63, 3.8) is 0 Å². The fraction of sp³-hybridized carbons (Fsp3) is 0.308. The summed E-state index contributed by atoms with van der Waals surface area (Å²) in [6, 6.07) is 4.53. The van der Waals surface area contributed by atoms with Crippen LogP contribution in [-0.2, 0) is 23.6 Å². The molecule has 1 radical (unpaired) electrons. The average Bonchev–Trinajstić information content (AvgIpc) is 2.96. The van der Waals surface area contributed by atoms with Gasteiger partial charge in [-0.25, -0.2) is 9.59 Å². The smallest absolute Gasteiger partial charge is 0.509 e. The molecule has 1 fully saturated rings. The monoisotopic (exact) mass is 323 g/mol. The van der Waals surface area contributed by atoms with Crippen molar-refractivity contribution in [1.29, 1.82) is 0 Å². The molecule has 0 aromatic heterocycles. The van der Waals surface area contributed by atoms with Gasteiger partial charge in [-0.2, -0.15) is 0 Å². The molecule has 1 aliphatic heterocycles. The van der Waals surface area contributed by atoms with Crippen LogP contribution >= 0.6 is 0 Å². The van der Waals surface area contributed by atoms with Crippen LogP contribution in [0.3, 0.4) is 0 Å². The summed E-state index contributed by atoms with van der Waals surface area (Å²) in [5.41, 5.74) is -0.112. The molecule has 1 aliphatic rings. The molecule has 1 aromatic carbocycles. The van der Waals surface area contributed by atoms with Gasteiger partial charge in [-0.3, -0.25) is 4.79 Å². The van der Waals surface area contributed by atoms with Crippen LogP contribution in [0.1, 0.15) is 10.4 Å². The molecule has 0 unspecified atom stereocenters. The average molecular weight is 323 g/mol. The van der Waals surface area contributed by atoms with Crippen LogP contribution in [0.4, 0.5) is 0 Å². The summed E-state index contributed by atoms with van der Waals surface area (Å²) in [4.78, 5) is 35.0. The fourth-order valence-electron chi connectivity index (χ4n) is 1.92. The van der Waals surface area contributed by atoms with Crippen LogP contribution in [0.5, 0.6) is 11.5 Å². The summed E-state index contributed by atoms with van der Waals surface area (Å²) >= 11 is 0. The van der Waals surface area contributed by atoms with E-state index in [0.717, 1.165) is 0 Å². The van der Waals surface area contributed by atoms with Crippen LogP contribution < -0.4 is 9.47 Å². The van der Waals surface area contributed by atoms with Gasteiger partial charge >= 0.3 is 25.6 Å². The van der Waals surface area contributed by atoms with Crippen LogP contribution in [0.2, 0.25) is 0 Å². The second-order valence-electron chi connectivity index (χ2n) is 4.29. The van der Waals surface area contributed by atoms with Crippen molar-refractivity contribution in [2.75, 3.05) is 14.2 Å². The van der Waals surface area contributed by atoms with Crippen LogP contribution in [0.25, 0.3) is 0 Å². The van der Waals surface area contributed by atoms with E-state index in [1.807, 2.05) is 0 Å². The molecule has 121 valence electrons. The third kappa shape index (κ3) is 3.37. The number of hydrogen-bond acceptors (Lipinski definition) is 8. The lowest BCUT2D eigenvalue weighted by Crippen LogP contribution is -2.42. The first kappa shape index (κ1) is 16.6. The van der Waals surface area contributed by atoms with E-state index in [1.165, 1.54) is 26.4 Å². The lowest BCUT2D eigenvalue weighted by Gasteiger charge is -2.18. The van der Waals surface area contributed by atoms with Crippen molar-refractivity contribution in [3.05, 3.63) is 23.8 Å². The minimum Gasteiger partial charge on any atom is -0.509 e. The lowest BCUT2D eigenvalue weighted by molar-refractivity contribution is -0.158. The minimum absolute atomic E-state index is 0.112. The van der Waals surface area contributed by atoms with Crippen molar-refractivity contribution in [2.24, 2.45) is 0 Å². The van der Waals surface area contributed by atoms with Crippen molar-refractivity contribution >= 4 is 25.6 Å². The van der Waals surface area contributed by atoms with E-state index >= 15 is 0 Å². The normalized spacial score (nSPS) is 17.7. The Morgan fingerprint density at radius 3 is 2.30 bits per heavy atom. The summed E-state index contributed by atoms with van der Waals surface area (Å²) in [7, 11) is 3.33. The second-order valence-corrected chi connectivity index (χ2v) is 4.29. The molecular formula is C13H12BO9.